The molecular formula is C21H25N5O2. The van der Waals surface area contributed by atoms with Gasteiger partial charge in [-0.1, -0.05) is 12.1 Å². The zero-order valence-electron chi connectivity index (χ0n) is 16.1. The van der Waals surface area contributed by atoms with E-state index in [-0.39, 0.29) is 6.10 Å². The average Bonchev–Trinajstić information content (AvgIpc) is 3.01. The summed E-state index contributed by atoms with van der Waals surface area (Å²) >= 11 is 0. The Bertz CT molecular complexity index is 980. The number of benzene rings is 1. The largest absolute Gasteiger partial charge is 0.490 e. The van der Waals surface area contributed by atoms with Gasteiger partial charge in [0.2, 0.25) is 0 Å². The molecule has 5 rings (SSSR count). The van der Waals surface area contributed by atoms with E-state index in [0.717, 1.165) is 56.2 Å². The van der Waals surface area contributed by atoms with E-state index in [2.05, 4.69) is 15.3 Å². The van der Waals surface area contributed by atoms with Crippen LogP contribution in [0, 0.1) is 0 Å². The lowest BCUT2D eigenvalue weighted by Crippen LogP contribution is -2.55. The lowest BCUT2D eigenvalue weighted by atomic mass is 10.1. The topological polar surface area (TPSA) is 63.9 Å². The maximum absolute atomic E-state index is 6.22. The molecule has 2 aromatic heterocycles. The summed E-state index contributed by atoms with van der Waals surface area (Å²) in [7, 11) is 0. The second kappa shape index (κ2) is 7.31. The van der Waals surface area contributed by atoms with Crippen molar-refractivity contribution < 1.29 is 9.47 Å². The first kappa shape index (κ1) is 17.3. The summed E-state index contributed by atoms with van der Waals surface area (Å²) < 4.78 is 13.9. The zero-order chi connectivity index (χ0) is 18.9. The van der Waals surface area contributed by atoms with Crippen LogP contribution in [0.5, 0.6) is 11.5 Å². The molecule has 28 heavy (non-hydrogen) atoms. The van der Waals surface area contributed by atoms with Crippen molar-refractivity contribution in [2.24, 2.45) is 0 Å². The summed E-state index contributed by atoms with van der Waals surface area (Å²) in [5.74, 6) is 2.80. The SMILES string of the molecule is CCOc1ccccc1OC1CN(c2c3c(nc4ccnn24)CCNCC3)C1. The van der Waals surface area contributed by atoms with E-state index in [9.17, 15) is 0 Å². The average molecular weight is 379 g/mol. The van der Waals surface area contributed by atoms with Crippen LogP contribution >= 0.6 is 0 Å². The number of rotatable bonds is 5. The monoisotopic (exact) mass is 379 g/mol. The number of hydrogen-bond donors (Lipinski definition) is 1. The molecule has 0 radical (unpaired) electrons. The van der Waals surface area contributed by atoms with Gasteiger partial charge in [0.15, 0.2) is 17.1 Å². The Labute approximate surface area is 164 Å². The molecule has 0 bridgehead atoms. The first-order valence-corrected chi connectivity index (χ1v) is 10.0. The maximum Gasteiger partial charge on any atom is 0.161 e. The number of nitrogens with zero attached hydrogens (tertiary/aromatic N) is 4. The van der Waals surface area contributed by atoms with E-state index >= 15 is 0 Å². The van der Waals surface area contributed by atoms with Crippen molar-refractivity contribution in [3.05, 3.63) is 47.8 Å². The van der Waals surface area contributed by atoms with Crippen LogP contribution in [-0.4, -0.2) is 53.5 Å². The first-order valence-electron chi connectivity index (χ1n) is 10.0. The van der Waals surface area contributed by atoms with Crippen LogP contribution in [0.4, 0.5) is 5.82 Å². The lowest BCUT2D eigenvalue weighted by molar-refractivity contribution is 0.158. The predicted octanol–water partition coefficient (Wildman–Crippen LogP) is 2.08. The van der Waals surface area contributed by atoms with E-state index in [4.69, 9.17) is 14.5 Å². The second-order valence-electron chi connectivity index (χ2n) is 7.24. The quantitative estimate of drug-likeness (QED) is 0.732. The molecule has 0 spiro atoms. The van der Waals surface area contributed by atoms with Crippen LogP contribution in [0.1, 0.15) is 18.2 Å². The van der Waals surface area contributed by atoms with Gasteiger partial charge < -0.3 is 19.7 Å². The predicted molar refractivity (Wildman–Crippen MR) is 108 cm³/mol. The number of para-hydroxylation sites is 2. The molecule has 1 fully saturated rings. The van der Waals surface area contributed by atoms with Crippen molar-refractivity contribution in [3.8, 4) is 11.5 Å². The molecule has 146 valence electrons. The Kier molecular flexibility index (Phi) is 4.52. The van der Waals surface area contributed by atoms with Gasteiger partial charge in [0.05, 0.1) is 31.6 Å². The third-order valence-corrected chi connectivity index (χ3v) is 5.37. The van der Waals surface area contributed by atoms with E-state index in [0.29, 0.717) is 6.61 Å². The number of nitrogens with one attached hydrogen (secondary N) is 1. The van der Waals surface area contributed by atoms with E-state index < -0.39 is 0 Å². The zero-order valence-corrected chi connectivity index (χ0v) is 16.1. The third kappa shape index (κ3) is 3.05. The Morgan fingerprint density at radius 1 is 1.11 bits per heavy atom. The van der Waals surface area contributed by atoms with Crippen molar-refractivity contribution in [2.75, 3.05) is 37.7 Å². The lowest BCUT2D eigenvalue weighted by Gasteiger charge is -2.41. The van der Waals surface area contributed by atoms with Gasteiger partial charge >= 0.3 is 0 Å². The van der Waals surface area contributed by atoms with Crippen LogP contribution in [0.3, 0.4) is 0 Å². The molecule has 2 aliphatic rings. The molecule has 0 amide bonds. The molecule has 0 unspecified atom stereocenters. The van der Waals surface area contributed by atoms with Gasteiger partial charge in [-0.2, -0.15) is 9.61 Å². The Morgan fingerprint density at radius 3 is 2.79 bits per heavy atom. The highest BCUT2D eigenvalue weighted by molar-refractivity contribution is 5.59. The van der Waals surface area contributed by atoms with Crippen molar-refractivity contribution in [2.45, 2.75) is 25.9 Å². The highest BCUT2D eigenvalue weighted by atomic mass is 16.5. The third-order valence-electron chi connectivity index (χ3n) is 5.37. The van der Waals surface area contributed by atoms with Crippen LogP contribution in [0.25, 0.3) is 5.65 Å². The summed E-state index contributed by atoms with van der Waals surface area (Å²) in [5.41, 5.74) is 3.43. The van der Waals surface area contributed by atoms with E-state index in [1.54, 1.807) is 0 Å². The highest BCUT2D eigenvalue weighted by Crippen LogP contribution is 2.33. The fourth-order valence-electron chi connectivity index (χ4n) is 4.03. The number of fused-ring (bicyclic) bond motifs is 2. The van der Waals surface area contributed by atoms with Gasteiger partial charge in [0.25, 0.3) is 0 Å². The number of ether oxygens (including phenoxy) is 2. The van der Waals surface area contributed by atoms with Gasteiger partial charge in [-0.15, -0.1) is 0 Å². The van der Waals surface area contributed by atoms with Crippen molar-refractivity contribution in [1.29, 1.82) is 0 Å². The smallest absolute Gasteiger partial charge is 0.161 e. The molecule has 0 saturated carbocycles. The summed E-state index contributed by atoms with van der Waals surface area (Å²) in [6.07, 6.45) is 3.90. The number of hydrogen-bond acceptors (Lipinski definition) is 6. The summed E-state index contributed by atoms with van der Waals surface area (Å²) in [4.78, 5) is 7.20. The minimum Gasteiger partial charge on any atom is -0.490 e. The summed E-state index contributed by atoms with van der Waals surface area (Å²) in [6, 6.07) is 9.87. The summed E-state index contributed by atoms with van der Waals surface area (Å²) in [6.45, 7) is 6.24. The Balaban J connectivity index is 1.39. The van der Waals surface area contributed by atoms with Gasteiger partial charge in [-0.05, 0) is 32.0 Å². The molecule has 0 atom stereocenters. The standard InChI is InChI=1S/C21H25N5O2/c1-2-27-18-5-3-4-6-19(18)28-15-13-25(14-15)21-16-7-10-22-11-8-17(16)24-20-9-12-23-26(20)21/h3-6,9,12,15,22H,2,7-8,10-11,13-14H2,1H3. The first-order chi connectivity index (χ1) is 13.8. The molecule has 7 nitrogen and oxygen atoms in total. The molecule has 1 saturated heterocycles. The second-order valence-corrected chi connectivity index (χ2v) is 7.24. The van der Waals surface area contributed by atoms with Crippen LogP contribution < -0.4 is 19.7 Å². The molecule has 7 heteroatoms. The van der Waals surface area contributed by atoms with Gasteiger partial charge in [0, 0.05) is 24.6 Å². The molecule has 4 heterocycles. The molecule has 1 N–H and O–H groups in total. The van der Waals surface area contributed by atoms with Gasteiger partial charge in [-0.3, -0.25) is 0 Å². The number of aromatic nitrogens is 3. The highest BCUT2D eigenvalue weighted by Gasteiger charge is 2.34. The molecule has 3 aromatic rings. The molecule has 1 aromatic carbocycles. The minimum atomic E-state index is 0.139. The normalized spacial score (nSPS) is 17.1. The summed E-state index contributed by atoms with van der Waals surface area (Å²) in [5, 5.41) is 8.02. The Hall–Kier alpha value is -2.80. The Morgan fingerprint density at radius 2 is 1.93 bits per heavy atom. The van der Waals surface area contributed by atoms with Crippen molar-refractivity contribution in [1.82, 2.24) is 19.9 Å². The van der Waals surface area contributed by atoms with Gasteiger partial charge in [0.1, 0.15) is 11.9 Å². The van der Waals surface area contributed by atoms with Crippen molar-refractivity contribution in [3.63, 3.8) is 0 Å². The van der Waals surface area contributed by atoms with Crippen LogP contribution in [-0.2, 0) is 12.8 Å². The van der Waals surface area contributed by atoms with Crippen LogP contribution in [0.15, 0.2) is 36.5 Å². The molecule has 0 aliphatic carbocycles. The molecule has 2 aliphatic heterocycles. The van der Waals surface area contributed by atoms with Crippen molar-refractivity contribution >= 4 is 11.5 Å². The number of anilines is 1. The van der Waals surface area contributed by atoms with E-state index in [1.165, 1.54) is 17.1 Å². The fraction of sp³-hybridized carbons (Fsp3) is 0.429. The van der Waals surface area contributed by atoms with Gasteiger partial charge in [-0.25, -0.2) is 4.98 Å². The van der Waals surface area contributed by atoms with E-state index in [1.807, 2.05) is 48.0 Å². The maximum atomic E-state index is 6.22. The van der Waals surface area contributed by atoms with Crippen LogP contribution in [0.2, 0.25) is 0 Å². The minimum absolute atomic E-state index is 0.139. The molecular weight excluding hydrogens is 354 g/mol. The fourth-order valence-corrected chi connectivity index (χ4v) is 4.03.